The predicted octanol–water partition coefficient (Wildman–Crippen LogP) is 2.14. The third-order valence-electron chi connectivity index (χ3n) is 4.05. The fourth-order valence-corrected chi connectivity index (χ4v) is 3.31. The number of carbonyl (C=O) groups excluding carboxylic acids is 1. The van der Waals surface area contributed by atoms with E-state index in [2.05, 4.69) is 27.7 Å². The van der Waals surface area contributed by atoms with Gasteiger partial charge in [-0.1, -0.05) is 17.4 Å². The molecule has 0 radical (unpaired) electrons. The molecular formula is C16H14N6OS. The van der Waals surface area contributed by atoms with Crippen molar-refractivity contribution in [3.8, 4) is 12.1 Å². The average molecular weight is 338 g/mol. The fourth-order valence-electron chi connectivity index (χ4n) is 2.86. The minimum absolute atomic E-state index is 0.0551. The van der Waals surface area contributed by atoms with Gasteiger partial charge < -0.3 is 10.2 Å². The van der Waals surface area contributed by atoms with Gasteiger partial charge in [0, 0.05) is 19.0 Å². The van der Waals surface area contributed by atoms with Gasteiger partial charge in [0.2, 0.25) is 11.0 Å². The van der Waals surface area contributed by atoms with Gasteiger partial charge in [0.15, 0.2) is 0 Å². The molecule has 8 heteroatoms. The smallest absolute Gasteiger partial charge is 0.229 e. The van der Waals surface area contributed by atoms with Gasteiger partial charge in [-0.2, -0.15) is 10.5 Å². The summed E-state index contributed by atoms with van der Waals surface area (Å²) in [6.45, 7) is 1.25. The number of piperidine rings is 1. The number of nitriles is 2. The van der Waals surface area contributed by atoms with Gasteiger partial charge in [0.25, 0.3) is 0 Å². The van der Waals surface area contributed by atoms with Crippen LogP contribution < -0.4 is 10.2 Å². The quantitative estimate of drug-likeness (QED) is 0.919. The molecule has 1 aliphatic heterocycles. The Labute approximate surface area is 143 Å². The Bertz CT molecular complexity index is 780. The van der Waals surface area contributed by atoms with Crippen molar-refractivity contribution in [3.05, 3.63) is 34.8 Å². The normalized spacial score (nSPS) is 14.7. The zero-order valence-corrected chi connectivity index (χ0v) is 13.6. The van der Waals surface area contributed by atoms with Crippen molar-refractivity contribution in [1.82, 2.24) is 10.2 Å². The van der Waals surface area contributed by atoms with Crippen LogP contribution in [0.1, 0.15) is 24.0 Å². The Balaban J connectivity index is 1.69. The lowest BCUT2D eigenvalue weighted by Gasteiger charge is -2.33. The zero-order valence-electron chi connectivity index (χ0n) is 12.8. The number of rotatable bonds is 3. The first-order valence-electron chi connectivity index (χ1n) is 7.48. The molecule has 120 valence electrons. The first-order valence-corrected chi connectivity index (χ1v) is 8.36. The number of anilines is 2. The summed E-state index contributed by atoms with van der Waals surface area (Å²) < 4.78 is 0. The number of nitrogens with one attached hydrogen (secondary N) is 1. The number of hydrogen-bond donors (Lipinski definition) is 1. The predicted molar refractivity (Wildman–Crippen MR) is 89.3 cm³/mol. The van der Waals surface area contributed by atoms with E-state index in [1.165, 1.54) is 11.3 Å². The molecule has 0 aliphatic carbocycles. The van der Waals surface area contributed by atoms with Crippen molar-refractivity contribution in [2.24, 2.45) is 5.92 Å². The molecule has 1 aromatic carbocycles. The van der Waals surface area contributed by atoms with Gasteiger partial charge in [-0.15, -0.1) is 10.2 Å². The highest BCUT2D eigenvalue weighted by atomic mass is 32.1. The third kappa shape index (κ3) is 3.19. The molecule has 24 heavy (non-hydrogen) atoms. The van der Waals surface area contributed by atoms with Crippen LogP contribution in [0, 0.1) is 28.6 Å². The molecule has 0 spiro atoms. The molecule has 1 amide bonds. The molecule has 1 aromatic heterocycles. The summed E-state index contributed by atoms with van der Waals surface area (Å²) in [7, 11) is 0. The topological polar surface area (TPSA) is 106 Å². The molecule has 0 unspecified atom stereocenters. The molecule has 3 rings (SSSR count). The Morgan fingerprint density at radius 3 is 2.46 bits per heavy atom. The lowest BCUT2D eigenvalue weighted by atomic mass is 9.94. The minimum Gasteiger partial charge on any atom is -0.369 e. The summed E-state index contributed by atoms with van der Waals surface area (Å²) >= 11 is 1.29. The maximum absolute atomic E-state index is 12.3. The Morgan fingerprint density at radius 2 is 1.92 bits per heavy atom. The molecule has 1 fully saturated rings. The van der Waals surface area contributed by atoms with E-state index < -0.39 is 0 Å². The number of benzene rings is 1. The van der Waals surface area contributed by atoms with E-state index >= 15 is 0 Å². The number of amides is 1. The summed E-state index contributed by atoms with van der Waals surface area (Å²) in [4.78, 5) is 14.3. The van der Waals surface area contributed by atoms with Crippen molar-refractivity contribution in [3.63, 3.8) is 0 Å². The van der Waals surface area contributed by atoms with Crippen LogP contribution in [0.4, 0.5) is 10.8 Å². The summed E-state index contributed by atoms with van der Waals surface area (Å²) in [6, 6.07) is 9.43. The molecule has 0 saturated carbocycles. The maximum Gasteiger partial charge on any atom is 0.229 e. The SMILES string of the molecule is N#Cc1cccc(C#N)c1N1CCC(C(=O)Nc2nncs2)CC1. The monoisotopic (exact) mass is 338 g/mol. The van der Waals surface area contributed by atoms with Crippen LogP contribution in [0.3, 0.4) is 0 Å². The second kappa shape index (κ2) is 7.07. The third-order valence-corrected chi connectivity index (χ3v) is 4.66. The van der Waals surface area contributed by atoms with Crippen molar-refractivity contribution >= 4 is 28.1 Å². The minimum atomic E-state index is -0.107. The van der Waals surface area contributed by atoms with Gasteiger partial charge in [-0.25, -0.2) is 0 Å². The summed E-state index contributed by atoms with van der Waals surface area (Å²) in [5.74, 6) is -0.162. The molecule has 1 aliphatic rings. The van der Waals surface area contributed by atoms with Crippen LogP contribution in [0.15, 0.2) is 23.7 Å². The molecule has 2 heterocycles. The van der Waals surface area contributed by atoms with E-state index in [1.54, 1.807) is 23.7 Å². The highest BCUT2D eigenvalue weighted by molar-refractivity contribution is 7.13. The van der Waals surface area contributed by atoms with Crippen LogP contribution in [0.5, 0.6) is 0 Å². The highest BCUT2D eigenvalue weighted by Crippen LogP contribution is 2.29. The number of para-hydroxylation sites is 1. The number of aromatic nitrogens is 2. The molecular weight excluding hydrogens is 324 g/mol. The summed E-state index contributed by atoms with van der Waals surface area (Å²) in [6.07, 6.45) is 1.32. The molecule has 7 nitrogen and oxygen atoms in total. The van der Waals surface area contributed by atoms with E-state index in [4.69, 9.17) is 0 Å². The van der Waals surface area contributed by atoms with E-state index in [0.29, 0.717) is 47.9 Å². The first-order chi connectivity index (χ1) is 11.7. The Morgan fingerprint density at radius 1 is 1.25 bits per heavy atom. The standard InChI is InChI=1S/C16H14N6OS/c17-8-12-2-1-3-13(9-18)14(12)22-6-4-11(5-7-22)15(23)20-16-21-19-10-24-16/h1-3,10-11H,4-7H2,(H,20,21,23). The molecule has 0 atom stereocenters. The first kappa shape index (κ1) is 15.9. The Hall–Kier alpha value is -2.97. The van der Waals surface area contributed by atoms with Crippen molar-refractivity contribution in [2.45, 2.75) is 12.8 Å². The van der Waals surface area contributed by atoms with Gasteiger partial charge in [0.1, 0.15) is 17.6 Å². The van der Waals surface area contributed by atoms with E-state index in [-0.39, 0.29) is 11.8 Å². The number of hydrogen-bond acceptors (Lipinski definition) is 7. The van der Waals surface area contributed by atoms with Gasteiger partial charge >= 0.3 is 0 Å². The summed E-state index contributed by atoms with van der Waals surface area (Å²) in [5.41, 5.74) is 3.22. The lowest BCUT2D eigenvalue weighted by Crippen LogP contribution is -2.38. The summed E-state index contributed by atoms with van der Waals surface area (Å²) in [5, 5.41) is 29.4. The van der Waals surface area contributed by atoms with Crippen LogP contribution in [-0.2, 0) is 4.79 Å². The Kier molecular flexibility index (Phi) is 4.69. The van der Waals surface area contributed by atoms with Crippen LogP contribution in [-0.4, -0.2) is 29.2 Å². The van der Waals surface area contributed by atoms with Crippen molar-refractivity contribution < 1.29 is 4.79 Å². The van der Waals surface area contributed by atoms with E-state index in [9.17, 15) is 15.3 Å². The average Bonchev–Trinajstić information content (AvgIpc) is 3.14. The van der Waals surface area contributed by atoms with E-state index in [0.717, 1.165) is 0 Å². The number of carbonyl (C=O) groups is 1. The van der Waals surface area contributed by atoms with E-state index in [1.807, 2.05) is 4.90 Å². The second-order valence-electron chi connectivity index (χ2n) is 5.42. The van der Waals surface area contributed by atoms with Gasteiger partial charge in [-0.05, 0) is 25.0 Å². The van der Waals surface area contributed by atoms with Gasteiger partial charge in [-0.3, -0.25) is 4.79 Å². The van der Waals surface area contributed by atoms with Crippen LogP contribution in [0.25, 0.3) is 0 Å². The highest BCUT2D eigenvalue weighted by Gasteiger charge is 2.27. The van der Waals surface area contributed by atoms with Crippen LogP contribution in [0.2, 0.25) is 0 Å². The molecule has 0 bridgehead atoms. The maximum atomic E-state index is 12.3. The van der Waals surface area contributed by atoms with Crippen molar-refractivity contribution in [1.29, 1.82) is 10.5 Å². The second-order valence-corrected chi connectivity index (χ2v) is 6.25. The largest absolute Gasteiger partial charge is 0.369 e. The van der Waals surface area contributed by atoms with Gasteiger partial charge in [0.05, 0.1) is 16.8 Å². The van der Waals surface area contributed by atoms with Crippen LogP contribution >= 0.6 is 11.3 Å². The molecule has 1 saturated heterocycles. The molecule has 2 aromatic rings. The lowest BCUT2D eigenvalue weighted by molar-refractivity contribution is -0.120. The number of nitrogens with zero attached hydrogens (tertiary/aromatic N) is 5. The molecule has 1 N–H and O–H groups in total. The zero-order chi connectivity index (χ0) is 16.9. The fraction of sp³-hybridized carbons (Fsp3) is 0.312. The van der Waals surface area contributed by atoms with Crippen molar-refractivity contribution in [2.75, 3.05) is 23.3 Å².